The van der Waals surface area contributed by atoms with Crippen LogP contribution in [0.3, 0.4) is 0 Å². The predicted molar refractivity (Wildman–Crippen MR) is 65.2 cm³/mol. The molecule has 0 fully saturated rings. The number of hydrogen-bond donors (Lipinski definition) is 1. The number of methoxy groups -OCH3 is 1. The van der Waals surface area contributed by atoms with Crippen LogP contribution < -0.4 is 9.64 Å². The van der Waals surface area contributed by atoms with E-state index in [0.717, 1.165) is 4.90 Å². The van der Waals surface area contributed by atoms with E-state index in [1.54, 1.807) is 30.3 Å². The van der Waals surface area contributed by atoms with Crippen LogP contribution in [0, 0.1) is 0 Å². The lowest BCUT2D eigenvalue weighted by atomic mass is 10.3. The molecule has 1 heterocycles. The lowest BCUT2D eigenvalue weighted by Crippen LogP contribution is -2.24. The van der Waals surface area contributed by atoms with Gasteiger partial charge in [-0.3, -0.25) is 0 Å². The first-order valence-electron chi connectivity index (χ1n) is 5.18. The molecule has 2 rings (SSSR count). The Morgan fingerprint density at radius 1 is 1.17 bits per heavy atom. The van der Waals surface area contributed by atoms with Gasteiger partial charge in [0.05, 0.1) is 12.8 Å². The van der Waals surface area contributed by atoms with Crippen LogP contribution in [-0.2, 0) is 0 Å². The largest absolute Gasteiger partial charge is 0.480 e. The Kier molecular flexibility index (Phi) is 3.38. The number of benzene rings is 1. The molecule has 0 spiro atoms. The molecule has 0 saturated heterocycles. The zero-order valence-electron chi connectivity index (χ0n) is 9.65. The van der Waals surface area contributed by atoms with E-state index in [1.807, 2.05) is 6.07 Å². The van der Waals surface area contributed by atoms with Crippen molar-refractivity contribution in [3.8, 4) is 5.88 Å². The van der Waals surface area contributed by atoms with Gasteiger partial charge in [0, 0.05) is 6.07 Å². The summed E-state index contributed by atoms with van der Waals surface area (Å²) in [6.45, 7) is 0. The van der Waals surface area contributed by atoms with Crippen molar-refractivity contribution < 1.29 is 14.6 Å². The Morgan fingerprint density at radius 3 is 2.39 bits per heavy atom. The van der Waals surface area contributed by atoms with E-state index < -0.39 is 6.09 Å². The Morgan fingerprint density at radius 2 is 1.89 bits per heavy atom. The highest BCUT2D eigenvalue weighted by molar-refractivity contribution is 5.93. The monoisotopic (exact) mass is 245 g/mol. The van der Waals surface area contributed by atoms with E-state index in [9.17, 15) is 9.90 Å². The molecule has 0 unspecified atom stereocenters. The van der Waals surface area contributed by atoms with Crippen LogP contribution >= 0.6 is 0 Å². The molecule has 92 valence electrons. The second kappa shape index (κ2) is 5.13. The molecule has 0 aliphatic carbocycles. The van der Waals surface area contributed by atoms with E-state index >= 15 is 0 Å². The molecule has 1 aromatic heterocycles. The first kappa shape index (κ1) is 11.8. The third-order valence-corrected chi connectivity index (χ3v) is 2.27. The molecule has 6 heteroatoms. The molecular formula is C12H11N3O3. The molecule has 2 aromatic rings. The fraction of sp³-hybridized carbons (Fsp3) is 0.0833. The van der Waals surface area contributed by atoms with Gasteiger partial charge < -0.3 is 9.84 Å². The van der Waals surface area contributed by atoms with Gasteiger partial charge in [-0.1, -0.05) is 18.2 Å². The lowest BCUT2D eigenvalue weighted by molar-refractivity contribution is 0.204. The van der Waals surface area contributed by atoms with Crippen LogP contribution in [0.25, 0.3) is 0 Å². The van der Waals surface area contributed by atoms with Crippen molar-refractivity contribution >= 4 is 17.6 Å². The number of aromatic nitrogens is 2. The number of ether oxygens (including phenoxy) is 1. The maximum absolute atomic E-state index is 11.3. The van der Waals surface area contributed by atoms with Crippen LogP contribution in [0.4, 0.5) is 16.3 Å². The summed E-state index contributed by atoms with van der Waals surface area (Å²) in [5.74, 6) is 0.548. The number of rotatable bonds is 3. The van der Waals surface area contributed by atoms with Gasteiger partial charge >= 0.3 is 6.09 Å². The van der Waals surface area contributed by atoms with Gasteiger partial charge in [0.2, 0.25) is 5.88 Å². The van der Waals surface area contributed by atoms with Crippen molar-refractivity contribution in [1.29, 1.82) is 0 Å². The zero-order chi connectivity index (χ0) is 13.0. The van der Waals surface area contributed by atoms with Gasteiger partial charge in [0.1, 0.15) is 0 Å². The summed E-state index contributed by atoms with van der Waals surface area (Å²) in [7, 11) is 1.47. The maximum atomic E-state index is 11.3. The maximum Gasteiger partial charge on any atom is 0.417 e. The topological polar surface area (TPSA) is 75.5 Å². The quantitative estimate of drug-likeness (QED) is 0.897. The van der Waals surface area contributed by atoms with Crippen molar-refractivity contribution in [3.63, 3.8) is 0 Å². The molecule has 6 nitrogen and oxygen atoms in total. The fourth-order valence-corrected chi connectivity index (χ4v) is 1.46. The minimum atomic E-state index is -1.12. The molecular weight excluding hydrogens is 234 g/mol. The average Bonchev–Trinajstić information content (AvgIpc) is 2.40. The highest BCUT2D eigenvalue weighted by atomic mass is 16.5. The normalized spacial score (nSPS) is 9.83. The number of hydrogen-bond acceptors (Lipinski definition) is 4. The number of para-hydroxylation sites is 1. The zero-order valence-corrected chi connectivity index (χ0v) is 9.65. The van der Waals surface area contributed by atoms with Crippen LogP contribution in [0.5, 0.6) is 5.88 Å². The molecule has 0 saturated carbocycles. The molecule has 0 radical (unpaired) electrons. The second-order valence-electron chi connectivity index (χ2n) is 3.39. The molecule has 1 amide bonds. The number of carboxylic acid groups (broad SMARTS) is 1. The van der Waals surface area contributed by atoms with Crippen molar-refractivity contribution in [2.75, 3.05) is 12.0 Å². The summed E-state index contributed by atoms with van der Waals surface area (Å²) in [6.07, 6.45) is -1.12. The van der Waals surface area contributed by atoms with E-state index in [0.29, 0.717) is 11.6 Å². The first-order chi connectivity index (χ1) is 8.72. The van der Waals surface area contributed by atoms with Gasteiger partial charge in [0.15, 0.2) is 5.82 Å². The minimum absolute atomic E-state index is 0.217. The molecule has 0 aliphatic heterocycles. The number of nitrogens with zero attached hydrogens (tertiary/aromatic N) is 3. The van der Waals surface area contributed by atoms with Crippen LogP contribution in [0.15, 0.2) is 42.5 Å². The smallest absolute Gasteiger partial charge is 0.417 e. The molecule has 1 aromatic carbocycles. The summed E-state index contributed by atoms with van der Waals surface area (Å²) < 4.78 is 4.88. The molecule has 0 aliphatic rings. The third kappa shape index (κ3) is 2.37. The summed E-state index contributed by atoms with van der Waals surface area (Å²) in [4.78, 5) is 12.3. The Bertz CT molecular complexity index is 528. The van der Waals surface area contributed by atoms with Crippen LogP contribution in [0.1, 0.15) is 0 Å². The molecule has 0 atom stereocenters. The Balaban J connectivity index is 2.39. The van der Waals surface area contributed by atoms with E-state index in [-0.39, 0.29) is 5.82 Å². The number of amides is 1. The lowest BCUT2D eigenvalue weighted by Gasteiger charge is -2.17. The average molecular weight is 245 g/mol. The third-order valence-electron chi connectivity index (χ3n) is 2.27. The Hall–Kier alpha value is -2.63. The summed E-state index contributed by atoms with van der Waals surface area (Å²) in [5, 5.41) is 16.8. The van der Waals surface area contributed by atoms with E-state index in [4.69, 9.17) is 4.74 Å². The number of carbonyl (C=O) groups is 1. The minimum Gasteiger partial charge on any atom is -0.480 e. The van der Waals surface area contributed by atoms with Crippen LogP contribution in [-0.4, -0.2) is 28.5 Å². The van der Waals surface area contributed by atoms with Gasteiger partial charge in [0.25, 0.3) is 0 Å². The van der Waals surface area contributed by atoms with Crippen LogP contribution in [0.2, 0.25) is 0 Å². The summed E-state index contributed by atoms with van der Waals surface area (Å²) in [5.41, 5.74) is 0.504. The highest BCUT2D eigenvalue weighted by Gasteiger charge is 2.18. The van der Waals surface area contributed by atoms with Gasteiger partial charge in [-0.2, -0.15) is 0 Å². The highest BCUT2D eigenvalue weighted by Crippen LogP contribution is 2.23. The van der Waals surface area contributed by atoms with Gasteiger partial charge in [-0.15, -0.1) is 10.2 Å². The summed E-state index contributed by atoms with van der Waals surface area (Å²) in [6, 6.07) is 11.8. The SMILES string of the molecule is COc1ccc(N(C(=O)O)c2ccccc2)nn1. The van der Waals surface area contributed by atoms with E-state index in [2.05, 4.69) is 10.2 Å². The molecule has 0 bridgehead atoms. The fourth-order valence-electron chi connectivity index (χ4n) is 1.46. The van der Waals surface area contributed by atoms with Crippen molar-refractivity contribution in [2.45, 2.75) is 0 Å². The van der Waals surface area contributed by atoms with E-state index in [1.165, 1.54) is 13.2 Å². The van der Waals surface area contributed by atoms with Gasteiger partial charge in [-0.25, -0.2) is 9.69 Å². The Labute approximate surface area is 103 Å². The second-order valence-corrected chi connectivity index (χ2v) is 3.39. The molecule has 18 heavy (non-hydrogen) atoms. The summed E-state index contributed by atoms with van der Waals surface area (Å²) >= 11 is 0. The predicted octanol–water partition coefficient (Wildman–Crippen LogP) is 2.30. The number of anilines is 2. The van der Waals surface area contributed by atoms with Crippen molar-refractivity contribution in [2.24, 2.45) is 0 Å². The van der Waals surface area contributed by atoms with Gasteiger partial charge in [-0.05, 0) is 18.2 Å². The van der Waals surface area contributed by atoms with Crippen molar-refractivity contribution in [1.82, 2.24) is 10.2 Å². The molecule has 1 N–H and O–H groups in total. The van der Waals surface area contributed by atoms with Crippen molar-refractivity contribution in [3.05, 3.63) is 42.5 Å². The first-order valence-corrected chi connectivity index (χ1v) is 5.18. The standard InChI is InChI=1S/C12H11N3O3/c1-18-11-8-7-10(13-14-11)15(12(16)17)9-5-3-2-4-6-9/h2-8H,1H3,(H,16,17).